The fraction of sp³-hybridized carbons (Fsp3) is 0. The van der Waals surface area contributed by atoms with Crippen LogP contribution in [-0.4, -0.2) is 19.1 Å². The molecule has 0 saturated heterocycles. The van der Waals surface area contributed by atoms with Crippen LogP contribution in [-0.2, 0) is 0 Å². The van der Waals surface area contributed by atoms with Crippen LogP contribution < -0.4 is 0 Å². The molecule has 238 valence electrons. The van der Waals surface area contributed by atoms with Crippen molar-refractivity contribution >= 4 is 75.1 Å². The summed E-state index contributed by atoms with van der Waals surface area (Å²) in [4.78, 5) is 10.7. The largest absolute Gasteiger partial charge is 0.309 e. The molecule has 0 fully saturated rings. The predicted molar refractivity (Wildman–Crippen MR) is 214 cm³/mol. The summed E-state index contributed by atoms with van der Waals surface area (Å²) in [6, 6.07) is 60.5. The average Bonchev–Trinajstić information content (AvgIpc) is 3.86. The van der Waals surface area contributed by atoms with E-state index in [1.165, 1.54) is 52.8 Å². The third-order valence-electron chi connectivity index (χ3n) is 10.1. The van der Waals surface area contributed by atoms with Gasteiger partial charge in [-0.15, -0.1) is 11.3 Å². The maximum absolute atomic E-state index is 5.40. The Hall–Kier alpha value is -6.56. The summed E-state index contributed by atoms with van der Waals surface area (Å²) < 4.78 is 7.24. The molecule has 0 saturated carbocycles. The highest BCUT2D eigenvalue weighted by Gasteiger charge is 2.22. The first-order valence-electron chi connectivity index (χ1n) is 17.2. The Kier molecular flexibility index (Phi) is 6.09. The second kappa shape index (κ2) is 11.0. The molecule has 0 bridgehead atoms. The van der Waals surface area contributed by atoms with Gasteiger partial charge in [-0.05, 0) is 54.6 Å². The minimum atomic E-state index is 0.648. The number of thiophene rings is 1. The SMILES string of the molecule is c1ccc(-c2cc(-c3ccc4sc5ccccc5c4c3)nc(-n3c4ccccc4c4c3ccc3c5ccccc5n(-c5ccccc5)c34)n2)cc1. The molecule has 11 rings (SSSR count). The van der Waals surface area contributed by atoms with Crippen LogP contribution in [0.5, 0.6) is 0 Å². The minimum absolute atomic E-state index is 0.648. The highest BCUT2D eigenvalue weighted by molar-refractivity contribution is 7.25. The Morgan fingerprint density at radius 2 is 1.02 bits per heavy atom. The van der Waals surface area contributed by atoms with Gasteiger partial charge in [-0.2, -0.15) is 0 Å². The molecule has 4 nitrogen and oxygen atoms in total. The molecule has 0 spiro atoms. The molecule has 5 heteroatoms. The first kappa shape index (κ1) is 28.3. The lowest BCUT2D eigenvalue weighted by molar-refractivity contribution is 0.996. The number of hydrogen-bond donors (Lipinski definition) is 0. The second-order valence-corrected chi connectivity index (χ2v) is 14.1. The molecule has 0 atom stereocenters. The lowest BCUT2D eigenvalue weighted by atomic mass is 10.0. The van der Waals surface area contributed by atoms with E-state index in [-0.39, 0.29) is 0 Å². The van der Waals surface area contributed by atoms with Crippen molar-refractivity contribution in [3.05, 3.63) is 170 Å². The number of hydrogen-bond acceptors (Lipinski definition) is 3. The topological polar surface area (TPSA) is 35.6 Å². The van der Waals surface area contributed by atoms with Gasteiger partial charge in [-0.3, -0.25) is 4.57 Å². The van der Waals surface area contributed by atoms with Crippen molar-refractivity contribution in [3.8, 4) is 34.2 Å². The highest BCUT2D eigenvalue weighted by atomic mass is 32.1. The van der Waals surface area contributed by atoms with Gasteiger partial charge in [0, 0.05) is 58.5 Å². The molecule has 0 amide bonds. The zero-order chi connectivity index (χ0) is 33.5. The Labute approximate surface area is 297 Å². The molecule has 0 unspecified atom stereocenters. The van der Waals surface area contributed by atoms with Gasteiger partial charge < -0.3 is 4.57 Å². The van der Waals surface area contributed by atoms with Crippen LogP contribution in [0, 0.1) is 0 Å². The predicted octanol–water partition coefficient (Wildman–Crippen LogP) is 12.4. The van der Waals surface area contributed by atoms with E-state index < -0.39 is 0 Å². The Morgan fingerprint density at radius 3 is 1.82 bits per heavy atom. The van der Waals surface area contributed by atoms with E-state index >= 15 is 0 Å². The highest BCUT2D eigenvalue weighted by Crippen LogP contribution is 2.42. The van der Waals surface area contributed by atoms with E-state index in [4.69, 9.17) is 9.97 Å². The smallest absolute Gasteiger partial charge is 0.235 e. The lowest BCUT2D eigenvalue weighted by Gasteiger charge is -2.12. The zero-order valence-electron chi connectivity index (χ0n) is 27.4. The fourth-order valence-electron chi connectivity index (χ4n) is 7.89. The van der Waals surface area contributed by atoms with Crippen LogP contribution in [0.15, 0.2) is 170 Å². The van der Waals surface area contributed by atoms with Crippen LogP contribution in [0.3, 0.4) is 0 Å². The first-order valence-corrected chi connectivity index (χ1v) is 18.0. The van der Waals surface area contributed by atoms with E-state index in [0.29, 0.717) is 5.95 Å². The quantitative estimate of drug-likeness (QED) is 0.187. The minimum Gasteiger partial charge on any atom is -0.309 e. The van der Waals surface area contributed by atoms with Crippen LogP contribution >= 0.6 is 11.3 Å². The van der Waals surface area contributed by atoms with Gasteiger partial charge in [0.25, 0.3) is 0 Å². The van der Waals surface area contributed by atoms with E-state index in [1.807, 2.05) is 17.4 Å². The van der Waals surface area contributed by atoms with Gasteiger partial charge in [-0.1, -0.05) is 115 Å². The number of fused-ring (bicyclic) bond motifs is 10. The Bertz CT molecular complexity index is 3130. The molecule has 11 aromatic rings. The Morgan fingerprint density at radius 1 is 0.392 bits per heavy atom. The number of rotatable bonds is 4. The van der Waals surface area contributed by atoms with Crippen molar-refractivity contribution in [3.63, 3.8) is 0 Å². The molecular formula is C46H28N4S. The molecule has 4 heterocycles. The van der Waals surface area contributed by atoms with E-state index in [2.05, 4.69) is 173 Å². The molecule has 0 radical (unpaired) electrons. The summed E-state index contributed by atoms with van der Waals surface area (Å²) >= 11 is 1.83. The Balaban J connectivity index is 1.24. The number of para-hydroxylation sites is 3. The molecule has 0 N–H and O–H groups in total. The zero-order valence-corrected chi connectivity index (χ0v) is 28.2. The number of nitrogens with zero attached hydrogens (tertiary/aromatic N) is 4. The average molecular weight is 669 g/mol. The molecule has 0 aliphatic carbocycles. The van der Waals surface area contributed by atoms with E-state index in [0.717, 1.165) is 39.2 Å². The van der Waals surface area contributed by atoms with Crippen LogP contribution in [0.25, 0.3) is 97.9 Å². The molecule has 4 aromatic heterocycles. The van der Waals surface area contributed by atoms with Gasteiger partial charge in [0.15, 0.2) is 0 Å². The molecule has 0 aliphatic rings. The van der Waals surface area contributed by atoms with Crippen LogP contribution in [0.1, 0.15) is 0 Å². The van der Waals surface area contributed by atoms with Crippen molar-refractivity contribution in [2.45, 2.75) is 0 Å². The van der Waals surface area contributed by atoms with Crippen LogP contribution in [0.2, 0.25) is 0 Å². The summed E-state index contributed by atoms with van der Waals surface area (Å²) in [6.45, 7) is 0. The van der Waals surface area contributed by atoms with E-state index in [1.54, 1.807) is 0 Å². The molecule has 7 aromatic carbocycles. The van der Waals surface area contributed by atoms with Gasteiger partial charge in [-0.25, -0.2) is 9.97 Å². The summed E-state index contributed by atoms with van der Waals surface area (Å²) in [7, 11) is 0. The van der Waals surface area contributed by atoms with Crippen molar-refractivity contribution in [1.29, 1.82) is 0 Å². The van der Waals surface area contributed by atoms with Gasteiger partial charge in [0.05, 0.1) is 33.5 Å². The standard InChI is InChI=1S/C46H28N4S/c1-3-13-29(14-4-1)37-28-38(30-23-26-43-36(27-30)33-18-9-12-22-42(33)51-43)48-46(47-37)50-40-21-11-8-19-35(40)44-41(50)25-24-34-32-17-7-10-20-39(32)49(45(34)44)31-15-5-2-6-16-31/h1-28H. The van der Waals surface area contributed by atoms with Gasteiger partial charge >= 0.3 is 0 Å². The van der Waals surface area contributed by atoms with Crippen LogP contribution in [0.4, 0.5) is 0 Å². The van der Waals surface area contributed by atoms with Crippen molar-refractivity contribution in [1.82, 2.24) is 19.1 Å². The van der Waals surface area contributed by atoms with Gasteiger partial charge in [0.1, 0.15) is 0 Å². The number of aromatic nitrogens is 4. The third kappa shape index (κ3) is 4.25. The molecule has 0 aliphatic heterocycles. The lowest BCUT2D eigenvalue weighted by Crippen LogP contribution is -2.04. The fourth-order valence-corrected chi connectivity index (χ4v) is 8.98. The summed E-state index contributed by atoms with van der Waals surface area (Å²) in [5.41, 5.74) is 9.54. The summed E-state index contributed by atoms with van der Waals surface area (Å²) in [5.74, 6) is 0.648. The van der Waals surface area contributed by atoms with Crippen molar-refractivity contribution < 1.29 is 0 Å². The van der Waals surface area contributed by atoms with Crippen molar-refractivity contribution in [2.75, 3.05) is 0 Å². The van der Waals surface area contributed by atoms with E-state index in [9.17, 15) is 0 Å². The van der Waals surface area contributed by atoms with Crippen molar-refractivity contribution in [2.24, 2.45) is 0 Å². The summed E-state index contributed by atoms with van der Waals surface area (Å²) in [6.07, 6.45) is 0. The first-order chi connectivity index (χ1) is 25.3. The van der Waals surface area contributed by atoms with Gasteiger partial charge in [0.2, 0.25) is 5.95 Å². The number of benzene rings is 7. The normalized spacial score (nSPS) is 11.9. The maximum Gasteiger partial charge on any atom is 0.235 e. The molecule has 51 heavy (non-hydrogen) atoms. The second-order valence-electron chi connectivity index (χ2n) is 13.0. The monoisotopic (exact) mass is 668 g/mol. The third-order valence-corrected chi connectivity index (χ3v) is 11.3. The maximum atomic E-state index is 5.40. The molecular weight excluding hydrogens is 641 g/mol. The summed E-state index contributed by atoms with van der Waals surface area (Å²) in [5, 5.41) is 7.33.